The monoisotopic (exact) mass is 280 g/mol. The van der Waals surface area contributed by atoms with Crippen LogP contribution in [0.1, 0.15) is 12.0 Å². The molecule has 110 valence electrons. The fourth-order valence-corrected chi connectivity index (χ4v) is 1.83. The van der Waals surface area contributed by atoms with Crippen molar-refractivity contribution in [3.05, 3.63) is 35.7 Å². The number of carboxylic acids is 1. The van der Waals surface area contributed by atoms with E-state index in [0.717, 1.165) is 31.3 Å². The number of benzene rings is 1. The lowest BCUT2D eigenvalue weighted by Gasteiger charge is -2.21. The van der Waals surface area contributed by atoms with E-state index in [4.69, 9.17) is 5.11 Å². The highest BCUT2D eigenvalue weighted by atomic mass is 19.1. The van der Waals surface area contributed by atoms with E-state index in [9.17, 15) is 9.18 Å². The Morgan fingerprint density at radius 1 is 1.25 bits per heavy atom. The number of anilines is 1. The average Bonchev–Trinajstić information content (AvgIpc) is 2.35. The molecule has 0 unspecified atom stereocenters. The fourth-order valence-electron chi connectivity index (χ4n) is 1.83. The maximum atomic E-state index is 13.5. The van der Waals surface area contributed by atoms with Crippen molar-refractivity contribution < 1.29 is 14.3 Å². The first-order valence-corrected chi connectivity index (χ1v) is 6.46. The number of hydrogen-bond acceptors (Lipinski definition) is 3. The van der Waals surface area contributed by atoms with Crippen LogP contribution in [-0.2, 0) is 4.79 Å². The third kappa shape index (κ3) is 5.84. The van der Waals surface area contributed by atoms with Crippen LogP contribution in [0.3, 0.4) is 0 Å². The van der Waals surface area contributed by atoms with Gasteiger partial charge in [-0.2, -0.15) is 0 Å². The van der Waals surface area contributed by atoms with Crippen LogP contribution < -0.4 is 4.90 Å². The Kier molecular flexibility index (Phi) is 6.18. The van der Waals surface area contributed by atoms with Gasteiger partial charge in [-0.3, -0.25) is 0 Å². The summed E-state index contributed by atoms with van der Waals surface area (Å²) < 4.78 is 13.5. The number of halogens is 1. The smallest absolute Gasteiger partial charge is 0.328 e. The standard InChI is InChI=1S/C15H21FN2O2/c1-17(2)7-4-8-18(3)14-10-12(5-6-15(19)20)9-13(16)11-14/h5-6,9-11H,4,7-8H2,1-3H3,(H,19,20)/b6-5+. The molecule has 0 aliphatic heterocycles. The summed E-state index contributed by atoms with van der Waals surface area (Å²) in [5, 5.41) is 8.60. The van der Waals surface area contributed by atoms with Crippen molar-refractivity contribution in [3.8, 4) is 0 Å². The third-order valence-electron chi connectivity index (χ3n) is 2.86. The molecule has 1 aromatic carbocycles. The summed E-state index contributed by atoms with van der Waals surface area (Å²) in [6.07, 6.45) is 3.37. The molecule has 4 nitrogen and oxygen atoms in total. The molecule has 0 saturated carbocycles. The highest BCUT2D eigenvalue weighted by Crippen LogP contribution is 2.19. The molecule has 20 heavy (non-hydrogen) atoms. The molecular weight excluding hydrogens is 259 g/mol. The Morgan fingerprint density at radius 3 is 2.55 bits per heavy atom. The van der Waals surface area contributed by atoms with Gasteiger partial charge in [0, 0.05) is 25.4 Å². The summed E-state index contributed by atoms with van der Waals surface area (Å²) >= 11 is 0. The zero-order valence-corrected chi connectivity index (χ0v) is 12.1. The first-order chi connectivity index (χ1) is 9.38. The van der Waals surface area contributed by atoms with E-state index in [1.165, 1.54) is 18.2 Å². The number of aliphatic carboxylic acids is 1. The quantitative estimate of drug-likeness (QED) is 0.778. The van der Waals surface area contributed by atoms with Crippen molar-refractivity contribution >= 4 is 17.7 Å². The minimum Gasteiger partial charge on any atom is -0.478 e. The lowest BCUT2D eigenvalue weighted by atomic mass is 10.1. The molecule has 0 amide bonds. The van der Waals surface area contributed by atoms with Crippen molar-refractivity contribution in [2.75, 3.05) is 39.1 Å². The molecular formula is C15H21FN2O2. The lowest BCUT2D eigenvalue weighted by Crippen LogP contribution is -2.23. The van der Waals surface area contributed by atoms with Gasteiger partial charge in [0.2, 0.25) is 0 Å². The van der Waals surface area contributed by atoms with Crippen LogP contribution in [-0.4, -0.2) is 50.2 Å². The summed E-state index contributed by atoms with van der Waals surface area (Å²) in [6.45, 7) is 1.77. The summed E-state index contributed by atoms with van der Waals surface area (Å²) in [5.74, 6) is -1.41. The van der Waals surface area contributed by atoms with Gasteiger partial charge in [-0.05, 0) is 56.9 Å². The number of hydrogen-bond donors (Lipinski definition) is 1. The highest BCUT2D eigenvalue weighted by molar-refractivity contribution is 5.85. The molecule has 0 heterocycles. The normalized spacial score (nSPS) is 11.2. The summed E-state index contributed by atoms with van der Waals surface area (Å²) in [7, 11) is 5.92. The third-order valence-corrected chi connectivity index (χ3v) is 2.86. The molecule has 0 saturated heterocycles. The summed E-state index contributed by atoms with van der Waals surface area (Å²) in [4.78, 5) is 14.5. The van der Waals surface area contributed by atoms with Crippen LogP contribution in [0.15, 0.2) is 24.3 Å². The second-order valence-corrected chi connectivity index (χ2v) is 4.99. The number of rotatable bonds is 7. The van der Waals surface area contributed by atoms with Gasteiger partial charge in [0.1, 0.15) is 5.82 Å². The Balaban J connectivity index is 2.76. The molecule has 0 bridgehead atoms. The minimum atomic E-state index is -1.05. The van der Waals surface area contributed by atoms with Crippen LogP contribution in [0.5, 0.6) is 0 Å². The van der Waals surface area contributed by atoms with E-state index < -0.39 is 5.97 Å². The van der Waals surface area contributed by atoms with Gasteiger partial charge in [-0.1, -0.05) is 0 Å². The molecule has 0 aliphatic carbocycles. The largest absolute Gasteiger partial charge is 0.478 e. The van der Waals surface area contributed by atoms with Crippen molar-refractivity contribution in [1.82, 2.24) is 4.90 Å². The van der Waals surface area contributed by atoms with Crippen LogP contribution in [0.25, 0.3) is 6.08 Å². The van der Waals surface area contributed by atoms with Gasteiger partial charge in [0.05, 0.1) is 0 Å². The molecule has 0 aliphatic rings. The first-order valence-electron chi connectivity index (χ1n) is 6.46. The maximum absolute atomic E-state index is 13.5. The van der Waals surface area contributed by atoms with Crippen molar-refractivity contribution in [2.24, 2.45) is 0 Å². The Morgan fingerprint density at radius 2 is 1.95 bits per heavy atom. The van der Waals surface area contributed by atoms with Crippen LogP contribution in [0.4, 0.5) is 10.1 Å². The fraction of sp³-hybridized carbons (Fsp3) is 0.400. The van der Waals surface area contributed by atoms with Crippen molar-refractivity contribution in [3.63, 3.8) is 0 Å². The zero-order valence-electron chi connectivity index (χ0n) is 12.1. The van der Waals surface area contributed by atoms with E-state index in [-0.39, 0.29) is 5.82 Å². The Bertz CT molecular complexity index is 487. The average molecular weight is 280 g/mol. The summed E-state index contributed by atoms with van der Waals surface area (Å²) in [5.41, 5.74) is 1.29. The van der Waals surface area contributed by atoms with E-state index in [2.05, 4.69) is 4.90 Å². The maximum Gasteiger partial charge on any atom is 0.328 e. The second kappa shape index (κ2) is 7.65. The Labute approximate surface area is 119 Å². The number of carbonyl (C=O) groups is 1. The van der Waals surface area contributed by atoms with Crippen LogP contribution in [0.2, 0.25) is 0 Å². The van der Waals surface area contributed by atoms with Gasteiger partial charge >= 0.3 is 5.97 Å². The zero-order chi connectivity index (χ0) is 15.1. The highest BCUT2D eigenvalue weighted by Gasteiger charge is 2.05. The molecule has 1 rings (SSSR count). The van der Waals surface area contributed by atoms with E-state index in [1.807, 2.05) is 26.0 Å². The van der Waals surface area contributed by atoms with Gasteiger partial charge in [0.25, 0.3) is 0 Å². The molecule has 1 N–H and O–H groups in total. The molecule has 5 heteroatoms. The van der Waals surface area contributed by atoms with Gasteiger partial charge in [0.15, 0.2) is 0 Å². The first kappa shape index (κ1) is 16.2. The second-order valence-electron chi connectivity index (χ2n) is 4.99. The van der Waals surface area contributed by atoms with E-state index in [1.54, 1.807) is 6.07 Å². The number of carboxylic acid groups (broad SMARTS) is 1. The predicted molar refractivity (Wildman–Crippen MR) is 79.5 cm³/mol. The molecule has 0 atom stereocenters. The lowest BCUT2D eigenvalue weighted by molar-refractivity contribution is -0.131. The minimum absolute atomic E-state index is 0.369. The van der Waals surface area contributed by atoms with Crippen LogP contribution in [0, 0.1) is 5.82 Å². The topological polar surface area (TPSA) is 43.8 Å². The van der Waals surface area contributed by atoms with E-state index in [0.29, 0.717) is 5.56 Å². The molecule has 0 spiro atoms. The molecule has 1 aromatic rings. The van der Waals surface area contributed by atoms with Gasteiger partial charge in [-0.25, -0.2) is 9.18 Å². The van der Waals surface area contributed by atoms with E-state index >= 15 is 0 Å². The predicted octanol–water partition coefficient (Wildman–Crippen LogP) is 2.31. The molecule has 0 radical (unpaired) electrons. The van der Waals surface area contributed by atoms with Gasteiger partial charge in [-0.15, -0.1) is 0 Å². The number of nitrogens with zero attached hydrogens (tertiary/aromatic N) is 2. The molecule has 0 aromatic heterocycles. The summed E-state index contributed by atoms with van der Waals surface area (Å²) in [6, 6.07) is 4.54. The van der Waals surface area contributed by atoms with Crippen molar-refractivity contribution in [1.29, 1.82) is 0 Å². The SMILES string of the molecule is CN(C)CCCN(C)c1cc(F)cc(/C=C/C(=O)O)c1. The van der Waals surface area contributed by atoms with Crippen LogP contribution >= 0.6 is 0 Å². The Hall–Kier alpha value is -1.88. The molecule has 0 fully saturated rings. The van der Waals surface area contributed by atoms with Crippen molar-refractivity contribution in [2.45, 2.75) is 6.42 Å². The van der Waals surface area contributed by atoms with Gasteiger partial charge < -0.3 is 14.9 Å².